The van der Waals surface area contributed by atoms with Crippen molar-refractivity contribution in [2.75, 3.05) is 10.7 Å². The lowest BCUT2D eigenvalue weighted by Crippen LogP contribution is -2.28. The smallest absolute Gasteiger partial charge is 0.176 e. The summed E-state index contributed by atoms with van der Waals surface area (Å²) in [5, 5.41) is 3.18. The van der Waals surface area contributed by atoms with E-state index in [0.29, 0.717) is 5.69 Å². The minimum Gasteiger partial charge on any atom is -0.734 e. The Kier molecular flexibility index (Phi) is 4.00. The summed E-state index contributed by atoms with van der Waals surface area (Å²) in [6.07, 6.45) is 0. The van der Waals surface area contributed by atoms with Crippen molar-refractivity contribution in [2.24, 2.45) is 0 Å². The fraction of sp³-hybridized carbons (Fsp3) is 0. The molecule has 0 amide bonds. The lowest BCUT2D eigenvalue weighted by molar-refractivity contribution is 0.453. The van der Waals surface area contributed by atoms with Crippen LogP contribution in [0, 0.1) is 0 Å². The monoisotopic (exact) mass is 278 g/mol. The Morgan fingerprint density at radius 2 is 1.32 bits per heavy atom. The Morgan fingerprint density at radius 3 is 1.89 bits per heavy atom. The van der Waals surface area contributed by atoms with E-state index in [1.54, 1.807) is 29.1 Å². The van der Waals surface area contributed by atoms with Gasteiger partial charge in [-0.3, -0.25) is 0 Å². The van der Waals surface area contributed by atoms with Crippen LogP contribution in [0.5, 0.6) is 0 Å². The summed E-state index contributed by atoms with van der Waals surface area (Å²) < 4.78 is 31.1. The van der Waals surface area contributed by atoms with E-state index in [1.807, 2.05) is 30.3 Å². The highest BCUT2D eigenvalue weighted by Gasteiger charge is 1.96. The zero-order chi connectivity index (χ0) is 13.7. The van der Waals surface area contributed by atoms with E-state index < -0.39 is 10.3 Å². The Hall–Kier alpha value is -2.09. The molecular formula is C12H12N3O3S-. The molecule has 100 valence electrons. The van der Waals surface area contributed by atoms with Gasteiger partial charge >= 0.3 is 0 Å². The molecule has 0 aliphatic heterocycles. The van der Waals surface area contributed by atoms with Gasteiger partial charge in [-0.25, -0.2) is 8.42 Å². The van der Waals surface area contributed by atoms with E-state index in [4.69, 9.17) is 0 Å². The molecule has 2 aromatic carbocycles. The SMILES string of the molecule is O=S(=O)([O-])NNc1ccc(Nc2ccccc2)cc1. The molecule has 0 unspecified atom stereocenters. The average molecular weight is 278 g/mol. The van der Waals surface area contributed by atoms with Gasteiger partial charge in [0.25, 0.3) is 0 Å². The molecule has 2 rings (SSSR count). The van der Waals surface area contributed by atoms with Crippen LogP contribution < -0.4 is 15.6 Å². The van der Waals surface area contributed by atoms with Gasteiger partial charge in [-0.15, -0.1) is 4.83 Å². The average Bonchev–Trinajstić information content (AvgIpc) is 2.38. The van der Waals surface area contributed by atoms with Gasteiger partial charge in [0.1, 0.15) is 0 Å². The number of hydrogen-bond acceptors (Lipinski definition) is 5. The first-order valence-corrected chi connectivity index (χ1v) is 6.84. The van der Waals surface area contributed by atoms with E-state index in [-0.39, 0.29) is 0 Å². The third-order valence-corrected chi connectivity index (χ3v) is 2.62. The summed E-state index contributed by atoms with van der Waals surface area (Å²) in [5.74, 6) is 0. The number of hydrazine groups is 1. The topological polar surface area (TPSA) is 93.3 Å². The molecule has 0 bridgehead atoms. The van der Waals surface area contributed by atoms with Gasteiger partial charge in [0.05, 0.1) is 0 Å². The minimum absolute atomic E-state index is 0.470. The van der Waals surface area contributed by atoms with E-state index in [2.05, 4.69) is 10.7 Å². The highest BCUT2D eigenvalue weighted by atomic mass is 32.2. The Balaban J connectivity index is 1.99. The fourth-order valence-electron chi connectivity index (χ4n) is 1.45. The predicted octanol–water partition coefficient (Wildman–Crippen LogP) is 1.81. The summed E-state index contributed by atoms with van der Waals surface area (Å²) in [4.78, 5) is 1.65. The van der Waals surface area contributed by atoms with E-state index in [1.165, 1.54) is 0 Å². The summed E-state index contributed by atoms with van der Waals surface area (Å²) in [7, 11) is -4.51. The minimum atomic E-state index is -4.51. The summed E-state index contributed by atoms with van der Waals surface area (Å²) in [6, 6.07) is 16.4. The lowest BCUT2D eigenvalue weighted by Gasteiger charge is -2.12. The molecule has 0 saturated carbocycles. The third kappa shape index (κ3) is 4.59. The molecule has 0 aliphatic carbocycles. The molecule has 0 fully saturated rings. The number of anilines is 3. The second-order valence-corrected chi connectivity index (χ2v) is 4.86. The summed E-state index contributed by atoms with van der Waals surface area (Å²) in [6.45, 7) is 0. The van der Waals surface area contributed by atoms with Crippen LogP contribution in [0.3, 0.4) is 0 Å². The van der Waals surface area contributed by atoms with Crippen LogP contribution in [0.25, 0.3) is 0 Å². The van der Waals surface area contributed by atoms with Crippen molar-refractivity contribution in [1.29, 1.82) is 0 Å². The molecule has 2 aromatic rings. The fourth-order valence-corrected chi connectivity index (χ4v) is 1.69. The molecule has 0 saturated heterocycles. The molecular weight excluding hydrogens is 266 g/mol. The lowest BCUT2D eigenvalue weighted by atomic mass is 10.2. The van der Waals surface area contributed by atoms with Crippen LogP contribution in [0.4, 0.5) is 17.1 Å². The third-order valence-electron chi connectivity index (χ3n) is 2.27. The first kappa shape index (κ1) is 13.3. The zero-order valence-electron chi connectivity index (χ0n) is 9.83. The van der Waals surface area contributed by atoms with Crippen molar-refractivity contribution in [1.82, 2.24) is 4.83 Å². The highest BCUT2D eigenvalue weighted by Crippen LogP contribution is 2.18. The molecule has 0 heterocycles. The standard InChI is InChI=1S/C12H13N3O3S/c16-19(17,18)15-14-12-8-6-11(7-9-12)13-10-4-2-1-3-5-10/h1-9,13-15H,(H,16,17,18)/p-1. The number of rotatable bonds is 5. The van der Waals surface area contributed by atoms with E-state index in [9.17, 15) is 13.0 Å². The van der Waals surface area contributed by atoms with Crippen molar-refractivity contribution in [3.63, 3.8) is 0 Å². The number of nitrogens with one attached hydrogen (secondary N) is 3. The molecule has 0 atom stereocenters. The molecule has 19 heavy (non-hydrogen) atoms. The maximum Gasteiger partial charge on any atom is 0.176 e. The van der Waals surface area contributed by atoms with Crippen molar-refractivity contribution < 1.29 is 13.0 Å². The Bertz CT molecular complexity index is 627. The second kappa shape index (κ2) is 5.70. The summed E-state index contributed by atoms with van der Waals surface area (Å²) in [5.41, 5.74) is 4.56. The van der Waals surface area contributed by atoms with Crippen molar-refractivity contribution in [2.45, 2.75) is 0 Å². The second-order valence-electron chi connectivity index (χ2n) is 3.75. The quantitative estimate of drug-likeness (QED) is 0.573. The van der Waals surface area contributed by atoms with E-state index >= 15 is 0 Å². The summed E-state index contributed by atoms with van der Waals surface area (Å²) >= 11 is 0. The Morgan fingerprint density at radius 1 is 0.789 bits per heavy atom. The number of benzene rings is 2. The maximum absolute atomic E-state index is 10.4. The van der Waals surface area contributed by atoms with Gasteiger partial charge in [-0.2, -0.15) is 0 Å². The van der Waals surface area contributed by atoms with Crippen LogP contribution in [0.2, 0.25) is 0 Å². The van der Waals surface area contributed by atoms with Gasteiger partial charge in [0, 0.05) is 17.1 Å². The van der Waals surface area contributed by atoms with Gasteiger partial charge in [0.2, 0.25) is 0 Å². The van der Waals surface area contributed by atoms with Crippen molar-refractivity contribution in [3.8, 4) is 0 Å². The molecule has 7 heteroatoms. The molecule has 0 spiro atoms. The molecule has 0 aliphatic rings. The van der Waals surface area contributed by atoms with Crippen LogP contribution in [0.1, 0.15) is 0 Å². The van der Waals surface area contributed by atoms with Crippen molar-refractivity contribution >= 4 is 27.4 Å². The van der Waals surface area contributed by atoms with Crippen LogP contribution in [-0.4, -0.2) is 13.0 Å². The molecule has 0 radical (unpaired) electrons. The molecule has 3 N–H and O–H groups in total. The molecule has 0 aromatic heterocycles. The van der Waals surface area contributed by atoms with Gasteiger partial charge in [-0.05, 0) is 36.4 Å². The predicted molar refractivity (Wildman–Crippen MR) is 72.6 cm³/mol. The zero-order valence-corrected chi connectivity index (χ0v) is 10.6. The van der Waals surface area contributed by atoms with E-state index in [0.717, 1.165) is 11.4 Å². The molecule has 6 nitrogen and oxygen atoms in total. The first-order chi connectivity index (χ1) is 9.03. The van der Waals surface area contributed by atoms with Crippen LogP contribution in [0.15, 0.2) is 54.6 Å². The largest absolute Gasteiger partial charge is 0.734 e. The maximum atomic E-state index is 10.4. The number of para-hydroxylation sites is 1. The Labute approximate surface area is 111 Å². The van der Waals surface area contributed by atoms with Crippen LogP contribution >= 0.6 is 0 Å². The van der Waals surface area contributed by atoms with Gasteiger partial charge in [-0.1, -0.05) is 18.2 Å². The first-order valence-electron chi connectivity index (χ1n) is 5.44. The van der Waals surface area contributed by atoms with Gasteiger partial charge < -0.3 is 15.3 Å². The van der Waals surface area contributed by atoms with Crippen molar-refractivity contribution in [3.05, 3.63) is 54.6 Å². The number of hydrogen-bond donors (Lipinski definition) is 3. The highest BCUT2D eigenvalue weighted by molar-refractivity contribution is 7.83. The normalized spacial score (nSPS) is 11.0. The van der Waals surface area contributed by atoms with Gasteiger partial charge in [0.15, 0.2) is 10.3 Å². The van der Waals surface area contributed by atoms with Crippen LogP contribution in [-0.2, 0) is 10.3 Å².